The van der Waals surface area contributed by atoms with E-state index in [4.69, 9.17) is 0 Å². The molecule has 0 aliphatic carbocycles. The van der Waals surface area contributed by atoms with Gasteiger partial charge in [-0.2, -0.15) is 0 Å². The van der Waals surface area contributed by atoms with Crippen LogP contribution in [0.25, 0.3) is 0 Å². The van der Waals surface area contributed by atoms with Crippen LogP contribution in [0.1, 0.15) is 19.4 Å². The van der Waals surface area contributed by atoms with Gasteiger partial charge in [0.15, 0.2) is 0 Å². The Morgan fingerprint density at radius 1 is 1.33 bits per heavy atom. The van der Waals surface area contributed by atoms with Gasteiger partial charge in [-0.3, -0.25) is 9.69 Å². The average molecular weight is 287 g/mol. The van der Waals surface area contributed by atoms with E-state index < -0.39 is 0 Å². The van der Waals surface area contributed by atoms with Crippen molar-refractivity contribution in [2.24, 2.45) is 11.8 Å². The molecule has 0 bridgehead atoms. The van der Waals surface area contributed by atoms with E-state index in [0.717, 1.165) is 37.7 Å². The molecule has 3 rings (SSSR count). The fourth-order valence-electron chi connectivity index (χ4n) is 3.67. The van der Waals surface area contributed by atoms with E-state index in [1.807, 2.05) is 12.1 Å². The van der Waals surface area contributed by atoms with Crippen molar-refractivity contribution in [2.75, 3.05) is 31.5 Å². The van der Waals surface area contributed by atoms with Gasteiger partial charge in [0.25, 0.3) is 0 Å². The number of fused-ring (bicyclic) bond motifs is 1. The van der Waals surface area contributed by atoms with Crippen LogP contribution in [0.5, 0.6) is 0 Å². The zero-order chi connectivity index (χ0) is 14.8. The number of rotatable bonds is 4. The average Bonchev–Trinajstić information content (AvgIpc) is 3.04. The summed E-state index contributed by atoms with van der Waals surface area (Å²) in [7, 11) is 0. The van der Waals surface area contributed by atoms with E-state index in [1.54, 1.807) is 0 Å². The fourth-order valence-corrected chi connectivity index (χ4v) is 3.67. The van der Waals surface area contributed by atoms with Gasteiger partial charge in [0.2, 0.25) is 5.91 Å². The molecule has 2 aliphatic heterocycles. The number of benzene rings is 1. The Morgan fingerprint density at radius 3 is 2.76 bits per heavy atom. The first-order valence-corrected chi connectivity index (χ1v) is 8.01. The summed E-state index contributed by atoms with van der Waals surface area (Å²) in [5.41, 5.74) is 2.19. The quantitative estimate of drug-likeness (QED) is 0.886. The maximum Gasteiger partial charge on any atom is 0.238 e. The van der Waals surface area contributed by atoms with Crippen LogP contribution in [-0.4, -0.2) is 43.0 Å². The lowest BCUT2D eigenvalue weighted by atomic mass is 9.95. The highest BCUT2D eigenvalue weighted by molar-refractivity contribution is 5.92. The summed E-state index contributed by atoms with van der Waals surface area (Å²) in [6.07, 6.45) is 1.02. The highest BCUT2D eigenvalue weighted by Gasteiger charge is 2.42. The molecule has 2 heterocycles. The molecular weight excluding hydrogens is 262 g/mol. The van der Waals surface area contributed by atoms with Gasteiger partial charge in [-0.25, -0.2) is 0 Å². The molecule has 2 aliphatic rings. The predicted molar refractivity (Wildman–Crippen MR) is 85.3 cm³/mol. The van der Waals surface area contributed by atoms with Gasteiger partial charge in [-0.15, -0.1) is 0 Å². The fraction of sp³-hybridized carbons (Fsp3) is 0.588. The van der Waals surface area contributed by atoms with Crippen molar-refractivity contribution < 1.29 is 4.79 Å². The van der Waals surface area contributed by atoms with E-state index in [2.05, 4.69) is 41.5 Å². The third-order valence-corrected chi connectivity index (χ3v) is 5.05. The first-order valence-electron chi connectivity index (χ1n) is 8.01. The molecule has 0 radical (unpaired) electrons. The molecule has 2 N–H and O–H groups in total. The standard InChI is InChI=1S/C17H25N3O/c1-3-13-4-6-15(7-5-13)19-17(21)11-20-10-14-8-18-9-16(14)12(20)2/h4-7,12,14,16,18H,3,8-11H2,1-2H3,(H,19,21). The van der Waals surface area contributed by atoms with Crippen molar-refractivity contribution in [3.05, 3.63) is 29.8 Å². The van der Waals surface area contributed by atoms with E-state index in [9.17, 15) is 4.79 Å². The lowest BCUT2D eigenvalue weighted by molar-refractivity contribution is -0.117. The van der Waals surface area contributed by atoms with Gasteiger partial charge in [0.05, 0.1) is 6.54 Å². The minimum absolute atomic E-state index is 0.0963. The predicted octanol–water partition coefficient (Wildman–Crippen LogP) is 1.73. The molecule has 1 aromatic rings. The summed E-state index contributed by atoms with van der Waals surface area (Å²) < 4.78 is 0. The number of hydrogen-bond acceptors (Lipinski definition) is 3. The molecule has 114 valence electrons. The molecule has 0 aromatic heterocycles. The van der Waals surface area contributed by atoms with Crippen LogP contribution < -0.4 is 10.6 Å². The van der Waals surface area contributed by atoms with E-state index in [0.29, 0.717) is 18.5 Å². The van der Waals surface area contributed by atoms with Gasteiger partial charge in [-0.1, -0.05) is 19.1 Å². The van der Waals surface area contributed by atoms with Crippen LogP contribution in [0.3, 0.4) is 0 Å². The number of carbonyl (C=O) groups is 1. The van der Waals surface area contributed by atoms with E-state index >= 15 is 0 Å². The number of anilines is 1. The second-order valence-electron chi connectivity index (χ2n) is 6.35. The van der Waals surface area contributed by atoms with Crippen molar-refractivity contribution >= 4 is 11.6 Å². The minimum atomic E-state index is 0.0963. The summed E-state index contributed by atoms with van der Waals surface area (Å²) in [6, 6.07) is 8.62. The Bertz CT molecular complexity index is 499. The van der Waals surface area contributed by atoms with Crippen LogP contribution in [0.2, 0.25) is 0 Å². The smallest absolute Gasteiger partial charge is 0.238 e. The van der Waals surface area contributed by atoms with Crippen molar-refractivity contribution in [3.63, 3.8) is 0 Å². The molecule has 4 nitrogen and oxygen atoms in total. The van der Waals surface area contributed by atoms with Crippen LogP contribution in [0.15, 0.2) is 24.3 Å². The summed E-state index contributed by atoms with van der Waals surface area (Å²) >= 11 is 0. The van der Waals surface area contributed by atoms with Crippen molar-refractivity contribution in [2.45, 2.75) is 26.3 Å². The SMILES string of the molecule is CCc1ccc(NC(=O)CN2CC3CNCC3C2C)cc1. The topological polar surface area (TPSA) is 44.4 Å². The maximum absolute atomic E-state index is 12.2. The molecule has 4 heteroatoms. The Balaban J connectivity index is 1.54. The molecular formula is C17H25N3O. The molecule has 0 spiro atoms. The van der Waals surface area contributed by atoms with Crippen molar-refractivity contribution in [3.8, 4) is 0 Å². The van der Waals surface area contributed by atoms with Crippen LogP contribution in [0.4, 0.5) is 5.69 Å². The van der Waals surface area contributed by atoms with Crippen LogP contribution >= 0.6 is 0 Å². The first-order chi connectivity index (χ1) is 10.2. The van der Waals surface area contributed by atoms with Gasteiger partial charge in [-0.05, 0) is 56.0 Å². The third kappa shape index (κ3) is 3.11. The third-order valence-electron chi connectivity index (χ3n) is 5.05. The van der Waals surface area contributed by atoms with E-state index in [1.165, 1.54) is 5.56 Å². The Hall–Kier alpha value is -1.39. The Labute approximate surface area is 126 Å². The van der Waals surface area contributed by atoms with Gasteiger partial charge < -0.3 is 10.6 Å². The first kappa shape index (κ1) is 14.5. The molecule has 3 atom stereocenters. The number of likely N-dealkylation sites (tertiary alicyclic amines) is 1. The normalized spacial score (nSPS) is 28.6. The molecule has 2 fully saturated rings. The number of carbonyl (C=O) groups excluding carboxylic acids is 1. The zero-order valence-electron chi connectivity index (χ0n) is 12.9. The number of amides is 1. The Kier molecular flexibility index (Phi) is 4.27. The van der Waals surface area contributed by atoms with Crippen LogP contribution in [-0.2, 0) is 11.2 Å². The number of nitrogens with zero attached hydrogens (tertiary/aromatic N) is 1. The lowest BCUT2D eigenvalue weighted by Gasteiger charge is -2.23. The Morgan fingerprint density at radius 2 is 2.10 bits per heavy atom. The second-order valence-corrected chi connectivity index (χ2v) is 6.35. The number of nitrogens with one attached hydrogen (secondary N) is 2. The van der Waals surface area contributed by atoms with Gasteiger partial charge >= 0.3 is 0 Å². The number of aryl methyl sites for hydroxylation is 1. The zero-order valence-corrected chi connectivity index (χ0v) is 12.9. The lowest BCUT2D eigenvalue weighted by Crippen LogP contribution is -2.38. The molecule has 0 saturated carbocycles. The minimum Gasteiger partial charge on any atom is -0.325 e. The van der Waals surface area contributed by atoms with Gasteiger partial charge in [0.1, 0.15) is 0 Å². The highest BCUT2D eigenvalue weighted by Crippen LogP contribution is 2.31. The highest BCUT2D eigenvalue weighted by atomic mass is 16.2. The second kappa shape index (κ2) is 6.16. The summed E-state index contributed by atoms with van der Waals surface area (Å²) in [5, 5.41) is 6.46. The summed E-state index contributed by atoms with van der Waals surface area (Å²) in [4.78, 5) is 14.5. The number of hydrogen-bond donors (Lipinski definition) is 2. The molecule has 3 unspecified atom stereocenters. The monoisotopic (exact) mass is 287 g/mol. The van der Waals surface area contributed by atoms with Crippen molar-refractivity contribution in [1.82, 2.24) is 10.2 Å². The molecule has 2 saturated heterocycles. The van der Waals surface area contributed by atoms with Crippen molar-refractivity contribution in [1.29, 1.82) is 0 Å². The molecule has 1 amide bonds. The largest absolute Gasteiger partial charge is 0.325 e. The summed E-state index contributed by atoms with van der Waals surface area (Å²) in [5.74, 6) is 1.53. The van der Waals surface area contributed by atoms with Crippen LogP contribution in [0, 0.1) is 11.8 Å². The van der Waals surface area contributed by atoms with Gasteiger partial charge in [0, 0.05) is 18.3 Å². The maximum atomic E-state index is 12.2. The van der Waals surface area contributed by atoms with E-state index in [-0.39, 0.29) is 5.91 Å². The molecule has 21 heavy (non-hydrogen) atoms. The molecule has 1 aromatic carbocycles. The summed E-state index contributed by atoms with van der Waals surface area (Å²) in [6.45, 7) is 8.13.